The number of hydrogen-bond donors (Lipinski definition) is 0. The van der Waals surface area contributed by atoms with Gasteiger partial charge in [0.2, 0.25) is 0 Å². The molecule has 0 aliphatic rings. The molecule has 2 heterocycles. The number of benzene rings is 2. The summed E-state index contributed by atoms with van der Waals surface area (Å²) >= 11 is 14.2. The second kappa shape index (κ2) is 10.2. The molecule has 0 fully saturated rings. The molecule has 4 aromatic rings. The molecule has 11 heteroatoms. The Balaban J connectivity index is 1.96. The lowest BCUT2D eigenvalue weighted by molar-refractivity contribution is 0.509. The maximum Gasteiger partial charge on any atom is 0.280 e. The molecule has 0 aliphatic carbocycles. The Kier molecular flexibility index (Phi) is 7.52. The molecule has 8 nitrogen and oxygen atoms in total. The van der Waals surface area contributed by atoms with Gasteiger partial charge in [-0.15, -0.1) is 23.2 Å². The number of para-hydroxylation sites is 2. The smallest absolute Gasteiger partial charge is 0.280 e. The molecule has 0 aliphatic heterocycles. The Hall–Kier alpha value is -2.75. The van der Waals surface area contributed by atoms with Gasteiger partial charge in [0, 0.05) is 14.1 Å². The second-order valence-electron chi connectivity index (χ2n) is 10.2. The monoisotopic (exact) mass is 560 g/mol. The zero-order chi connectivity index (χ0) is 27.1. The molecule has 0 atom stereocenters. The number of alkyl halides is 2. The minimum absolute atomic E-state index is 0.235. The lowest BCUT2D eigenvalue weighted by Crippen LogP contribution is -2.47. The molecule has 0 N–H and O–H groups in total. The first-order chi connectivity index (χ1) is 17.2. The molecule has 196 valence electrons. The zero-order valence-corrected chi connectivity index (χ0v) is 24.0. The van der Waals surface area contributed by atoms with Crippen LogP contribution in [0.2, 0.25) is 0 Å². The van der Waals surface area contributed by atoms with Crippen LogP contribution in [0, 0.1) is 0 Å². The van der Waals surface area contributed by atoms with Crippen molar-refractivity contribution in [3.05, 3.63) is 69.2 Å². The molecule has 0 spiro atoms. The van der Waals surface area contributed by atoms with Gasteiger partial charge >= 0.3 is 0 Å². The lowest BCUT2D eigenvalue weighted by atomic mass is 10.2. The van der Waals surface area contributed by atoms with Crippen LogP contribution in [0.15, 0.2) is 68.4 Å². The van der Waals surface area contributed by atoms with Crippen LogP contribution >= 0.6 is 35.0 Å². The summed E-state index contributed by atoms with van der Waals surface area (Å²) in [6, 6.07) is 14.4. The summed E-state index contributed by atoms with van der Waals surface area (Å²) in [5.74, 6) is 0. The predicted octanol–water partition coefficient (Wildman–Crippen LogP) is 4.43. The van der Waals surface area contributed by atoms with E-state index in [2.05, 4.69) is 0 Å². The van der Waals surface area contributed by atoms with Gasteiger partial charge in [0.05, 0.1) is 44.6 Å². The summed E-state index contributed by atoms with van der Waals surface area (Å²) in [7, 11) is 3.57. The molecule has 0 amide bonds. The number of hydrogen-bond acceptors (Lipinski definition) is 7. The summed E-state index contributed by atoms with van der Waals surface area (Å²) in [5, 5.41) is 5.17. The minimum atomic E-state index is -0.600. The standard InChI is InChI=1S/C26H30Cl2N6O2S/c1-25(2,27)15-31(5)33-21(35)17-11-7-9-13-19(17)29-23(33)37-24-30-20-14-10-8-12-18(20)22(36)34(24)32(6)16-26(3,4)28/h7-14H,15-16H2,1-6H3. The number of fused-ring (bicyclic) bond motifs is 2. The number of halogens is 2. The molecule has 0 saturated carbocycles. The van der Waals surface area contributed by atoms with Gasteiger partial charge in [0.1, 0.15) is 0 Å². The van der Waals surface area contributed by atoms with E-state index in [1.54, 1.807) is 60.5 Å². The van der Waals surface area contributed by atoms with E-state index in [0.717, 1.165) is 11.8 Å². The van der Waals surface area contributed by atoms with Crippen LogP contribution in [0.1, 0.15) is 27.7 Å². The Morgan fingerprint density at radius 2 is 1.08 bits per heavy atom. The molecule has 0 unspecified atom stereocenters. The highest BCUT2D eigenvalue weighted by Gasteiger charge is 2.25. The van der Waals surface area contributed by atoms with Crippen molar-refractivity contribution in [1.29, 1.82) is 0 Å². The summed E-state index contributed by atoms with van der Waals surface area (Å²) in [4.78, 5) is 35.7. The minimum Gasteiger partial charge on any atom is -0.309 e. The molecule has 37 heavy (non-hydrogen) atoms. The summed E-state index contributed by atoms with van der Waals surface area (Å²) in [6.07, 6.45) is 0. The first kappa shape index (κ1) is 27.3. The normalized spacial score (nSPS) is 12.3. The van der Waals surface area contributed by atoms with Crippen molar-refractivity contribution in [2.24, 2.45) is 0 Å². The third kappa shape index (κ3) is 6.05. The Morgan fingerprint density at radius 1 is 0.730 bits per heavy atom. The van der Waals surface area contributed by atoms with Crippen molar-refractivity contribution in [2.45, 2.75) is 47.8 Å². The molecule has 2 aromatic heterocycles. The van der Waals surface area contributed by atoms with Gasteiger partial charge in [-0.25, -0.2) is 9.97 Å². The molecule has 0 radical (unpaired) electrons. The summed E-state index contributed by atoms with van der Waals surface area (Å²) in [5.41, 5.74) is 0.632. The van der Waals surface area contributed by atoms with Crippen LogP contribution in [0.4, 0.5) is 0 Å². The van der Waals surface area contributed by atoms with Gasteiger partial charge in [-0.1, -0.05) is 24.3 Å². The molecule has 0 bridgehead atoms. The van der Waals surface area contributed by atoms with E-state index in [1.165, 1.54) is 9.35 Å². The van der Waals surface area contributed by atoms with Crippen LogP contribution in [0.5, 0.6) is 0 Å². The Bertz CT molecular complexity index is 1460. The van der Waals surface area contributed by atoms with E-state index in [0.29, 0.717) is 45.2 Å². The highest BCUT2D eigenvalue weighted by molar-refractivity contribution is 7.99. The molecular formula is C26H30Cl2N6O2S. The fourth-order valence-corrected chi connectivity index (χ4v) is 5.67. The fourth-order valence-electron chi connectivity index (χ4n) is 4.25. The average molecular weight is 562 g/mol. The van der Waals surface area contributed by atoms with Crippen LogP contribution < -0.4 is 21.1 Å². The van der Waals surface area contributed by atoms with E-state index >= 15 is 0 Å². The summed E-state index contributed by atoms with van der Waals surface area (Å²) in [6.45, 7) is 8.26. The molecule has 4 rings (SSSR count). The highest BCUT2D eigenvalue weighted by atomic mass is 35.5. The maximum atomic E-state index is 13.7. The average Bonchev–Trinajstić information content (AvgIpc) is 2.77. The van der Waals surface area contributed by atoms with Gasteiger partial charge in [-0.2, -0.15) is 9.35 Å². The fraction of sp³-hybridized carbons (Fsp3) is 0.385. The van der Waals surface area contributed by atoms with Gasteiger partial charge < -0.3 is 10.0 Å². The van der Waals surface area contributed by atoms with Gasteiger partial charge in [0.25, 0.3) is 11.1 Å². The molecule has 0 saturated heterocycles. The molecular weight excluding hydrogens is 531 g/mol. The van der Waals surface area contributed by atoms with E-state index in [1.807, 2.05) is 39.8 Å². The summed E-state index contributed by atoms with van der Waals surface area (Å²) < 4.78 is 2.99. The second-order valence-corrected chi connectivity index (χ2v) is 13.2. The Labute approximate surface area is 229 Å². The molecule has 2 aromatic carbocycles. The predicted molar refractivity (Wildman–Crippen MR) is 154 cm³/mol. The highest BCUT2D eigenvalue weighted by Crippen LogP contribution is 2.27. The van der Waals surface area contributed by atoms with Crippen molar-refractivity contribution < 1.29 is 0 Å². The van der Waals surface area contributed by atoms with Crippen molar-refractivity contribution in [1.82, 2.24) is 19.3 Å². The number of rotatable bonds is 8. The van der Waals surface area contributed by atoms with Crippen LogP contribution in [-0.4, -0.2) is 56.3 Å². The van der Waals surface area contributed by atoms with Crippen LogP contribution in [0.25, 0.3) is 21.8 Å². The quantitative estimate of drug-likeness (QED) is 0.233. The van der Waals surface area contributed by atoms with Gasteiger partial charge in [-0.3, -0.25) is 9.59 Å². The van der Waals surface area contributed by atoms with Crippen molar-refractivity contribution in [2.75, 3.05) is 37.2 Å². The van der Waals surface area contributed by atoms with Gasteiger partial charge in [0.15, 0.2) is 10.3 Å². The zero-order valence-electron chi connectivity index (χ0n) is 21.7. The van der Waals surface area contributed by atoms with E-state index in [-0.39, 0.29) is 11.1 Å². The largest absolute Gasteiger partial charge is 0.309 e. The Morgan fingerprint density at radius 3 is 1.43 bits per heavy atom. The van der Waals surface area contributed by atoms with E-state index < -0.39 is 9.75 Å². The number of nitrogens with zero attached hydrogens (tertiary/aromatic N) is 6. The third-order valence-electron chi connectivity index (χ3n) is 5.52. The third-order valence-corrected chi connectivity index (χ3v) is 6.66. The van der Waals surface area contributed by atoms with Crippen molar-refractivity contribution in [3.63, 3.8) is 0 Å². The van der Waals surface area contributed by atoms with Crippen LogP contribution in [-0.2, 0) is 0 Å². The first-order valence-corrected chi connectivity index (χ1v) is 13.3. The van der Waals surface area contributed by atoms with Crippen molar-refractivity contribution in [3.8, 4) is 0 Å². The van der Waals surface area contributed by atoms with Crippen molar-refractivity contribution >= 4 is 56.8 Å². The van der Waals surface area contributed by atoms with Gasteiger partial charge in [-0.05, 0) is 63.7 Å². The maximum absolute atomic E-state index is 13.7. The first-order valence-electron chi connectivity index (χ1n) is 11.8. The van der Waals surface area contributed by atoms with Crippen LogP contribution in [0.3, 0.4) is 0 Å². The SMILES string of the molecule is CN(CC(C)(C)Cl)n1c(Sc2nc3ccccc3c(=O)n2N(C)CC(C)(C)Cl)nc2ccccc2c1=O. The van der Waals surface area contributed by atoms with E-state index in [4.69, 9.17) is 33.2 Å². The topological polar surface area (TPSA) is 76.3 Å². The lowest BCUT2D eigenvalue weighted by Gasteiger charge is -2.31. The number of aromatic nitrogens is 4. The van der Waals surface area contributed by atoms with E-state index in [9.17, 15) is 9.59 Å².